The summed E-state index contributed by atoms with van der Waals surface area (Å²) in [5.74, 6) is 0.0555. The van der Waals surface area contributed by atoms with Gasteiger partial charge in [0.25, 0.3) is 0 Å². The van der Waals surface area contributed by atoms with Crippen molar-refractivity contribution in [1.29, 1.82) is 0 Å². The summed E-state index contributed by atoms with van der Waals surface area (Å²) in [4.78, 5) is 15.4. The number of carbonyl (C=O) groups is 1. The van der Waals surface area contributed by atoms with Gasteiger partial charge in [-0.25, -0.2) is 4.98 Å². The van der Waals surface area contributed by atoms with Crippen LogP contribution in [0.15, 0.2) is 24.7 Å². The number of hydrogen-bond acceptors (Lipinski definition) is 2. The van der Waals surface area contributed by atoms with Crippen LogP contribution in [0.2, 0.25) is 0 Å². The molecule has 2 heterocycles. The van der Waals surface area contributed by atoms with E-state index in [4.69, 9.17) is 0 Å². The largest absolute Gasteiger partial charge is 0.306 e. The van der Waals surface area contributed by atoms with E-state index in [0.29, 0.717) is 5.56 Å². The maximum atomic E-state index is 11.3. The summed E-state index contributed by atoms with van der Waals surface area (Å²) in [5.41, 5.74) is 2.49. The summed E-state index contributed by atoms with van der Waals surface area (Å²) in [6.07, 6.45) is 5.49. The van der Waals surface area contributed by atoms with Crippen molar-refractivity contribution in [3.8, 4) is 0 Å². The monoisotopic (exact) mass is 174 g/mol. The molecule has 0 N–H and O–H groups in total. The molecule has 3 heteroatoms. The highest BCUT2D eigenvalue weighted by atomic mass is 16.1. The number of aryl methyl sites for hydroxylation is 1. The Kier molecular flexibility index (Phi) is 1.65. The van der Waals surface area contributed by atoms with E-state index in [1.54, 1.807) is 13.1 Å². The fourth-order valence-electron chi connectivity index (χ4n) is 1.43. The van der Waals surface area contributed by atoms with E-state index in [9.17, 15) is 4.79 Å². The van der Waals surface area contributed by atoms with Crippen molar-refractivity contribution in [2.24, 2.45) is 0 Å². The summed E-state index contributed by atoms with van der Waals surface area (Å²) in [5, 5.41) is 0. The van der Waals surface area contributed by atoms with Gasteiger partial charge in [-0.2, -0.15) is 0 Å². The van der Waals surface area contributed by atoms with Crippen LogP contribution < -0.4 is 0 Å². The number of Topliss-reactive ketones (excluding diaryl/α,β-unsaturated/α-hetero) is 1. The second-order valence-corrected chi connectivity index (χ2v) is 3.15. The zero-order chi connectivity index (χ0) is 9.42. The molecule has 0 fully saturated rings. The van der Waals surface area contributed by atoms with Crippen molar-refractivity contribution in [1.82, 2.24) is 9.38 Å². The second kappa shape index (κ2) is 2.69. The van der Waals surface area contributed by atoms with E-state index in [1.807, 2.05) is 29.8 Å². The topological polar surface area (TPSA) is 34.4 Å². The van der Waals surface area contributed by atoms with Crippen LogP contribution in [0.25, 0.3) is 5.65 Å². The average molecular weight is 174 g/mol. The van der Waals surface area contributed by atoms with Crippen LogP contribution in [0.5, 0.6) is 0 Å². The fraction of sp³-hybridized carbons (Fsp3) is 0.200. The Bertz CT molecular complexity index is 471. The van der Waals surface area contributed by atoms with Crippen LogP contribution in [0.1, 0.15) is 22.8 Å². The lowest BCUT2D eigenvalue weighted by Crippen LogP contribution is -1.98. The van der Waals surface area contributed by atoms with Crippen LogP contribution in [0.3, 0.4) is 0 Å². The van der Waals surface area contributed by atoms with Gasteiger partial charge < -0.3 is 4.40 Å². The van der Waals surface area contributed by atoms with Gasteiger partial charge in [0.1, 0.15) is 5.65 Å². The van der Waals surface area contributed by atoms with E-state index in [-0.39, 0.29) is 5.78 Å². The van der Waals surface area contributed by atoms with Crippen LogP contribution in [-0.2, 0) is 0 Å². The number of aromatic nitrogens is 2. The summed E-state index contributed by atoms with van der Waals surface area (Å²) in [7, 11) is 0. The molecule has 3 nitrogen and oxygen atoms in total. The molecule has 2 aromatic rings. The Morgan fingerprint density at radius 1 is 1.54 bits per heavy atom. The molecule has 66 valence electrons. The molecular weight excluding hydrogens is 164 g/mol. The molecule has 2 rings (SSSR count). The third-order valence-electron chi connectivity index (χ3n) is 2.00. The molecule has 13 heavy (non-hydrogen) atoms. The lowest BCUT2D eigenvalue weighted by atomic mass is 10.1. The number of fused-ring (bicyclic) bond motifs is 1. The lowest BCUT2D eigenvalue weighted by molar-refractivity contribution is 0.101. The Morgan fingerprint density at radius 2 is 2.31 bits per heavy atom. The molecule has 0 spiro atoms. The Morgan fingerprint density at radius 3 is 3.00 bits per heavy atom. The van der Waals surface area contributed by atoms with Crippen LogP contribution in [0, 0.1) is 6.92 Å². The SMILES string of the molecule is CC(=O)c1cc(C)cn2ccnc12. The summed E-state index contributed by atoms with van der Waals surface area (Å²) < 4.78 is 1.87. The zero-order valence-electron chi connectivity index (χ0n) is 7.61. The van der Waals surface area contributed by atoms with Gasteiger partial charge in [-0.15, -0.1) is 0 Å². The van der Waals surface area contributed by atoms with E-state index in [1.165, 1.54) is 0 Å². The van der Waals surface area contributed by atoms with Gasteiger partial charge in [-0.3, -0.25) is 4.79 Å². The van der Waals surface area contributed by atoms with E-state index in [2.05, 4.69) is 4.98 Å². The quantitative estimate of drug-likeness (QED) is 0.618. The molecule has 0 saturated carbocycles. The third kappa shape index (κ3) is 1.22. The van der Waals surface area contributed by atoms with Crippen molar-refractivity contribution in [2.75, 3.05) is 0 Å². The van der Waals surface area contributed by atoms with Crippen molar-refractivity contribution in [3.05, 3.63) is 35.8 Å². The highest BCUT2D eigenvalue weighted by Gasteiger charge is 2.07. The zero-order valence-corrected chi connectivity index (χ0v) is 7.61. The third-order valence-corrected chi connectivity index (χ3v) is 2.00. The van der Waals surface area contributed by atoms with Crippen molar-refractivity contribution in [2.45, 2.75) is 13.8 Å². The standard InChI is InChI=1S/C10H10N2O/c1-7-5-9(8(2)13)10-11-3-4-12(10)6-7/h3-6H,1-2H3. The first-order valence-corrected chi connectivity index (χ1v) is 4.13. The molecule has 0 unspecified atom stereocenters. The molecule has 0 radical (unpaired) electrons. The van der Waals surface area contributed by atoms with Gasteiger partial charge in [-0.1, -0.05) is 0 Å². The first kappa shape index (κ1) is 7.98. The van der Waals surface area contributed by atoms with Gasteiger partial charge >= 0.3 is 0 Å². The molecule has 0 bridgehead atoms. The number of nitrogens with zero attached hydrogens (tertiary/aromatic N) is 2. The molecular formula is C10H10N2O. The Hall–Kier alpha value is -1.64. The molecule has 0 aromatic carbocycles. The first-order chi connectivity index (χ1) is 6.18. The highest BCUT2D eigenvalue weighted by molar-refractivity contribution is 5.99. The predicted molar refractivity (Wildman–Crippen MR) is 49.9 cm³/mol. The Labute approximate surface area is 76.0 Å². The summed E-state index contributed by atoms with van der Waals surface area (Å²) >= 11 is 0. The minimum Gasteiger partial charge on any atom is -0.306 e. The van der Waals surface area contributed by atoms with Gasteiger partial charge in [0.2, 0.25) is 0 Å². The number of hydrogen-bond donors (Lipinski definition) is 0. The average Bonchev–Trinajstić information content (AvgIpc) is 2.49. The van der Waals surface area contributed by atoms with Gasteiger partial charge in [0.15, 0.2) is 5.78 Å². The summed E-state index contributed by atoms with van der Waals surface area (Å²) in [6.45, 7) is 3.52. The normalized spacial score (nSPS) is 10.6. The van der Waals surface area contributed by atoms with E-state index < -0.39 is 0 Å². The maximum Gasteiger partial charge on any atom is 0.163 e. The van der Waals surface area contributed by atoms with Gasteiger partial charge in [0.05, 0.1) is 5.56 Å². The molecule has 0 amide bonds. The van der Waals surface area contributed by atoms with Crippen LogP contribution in [-0.4, -0.2) is 15.2 Å². The van der Waals surface area contributed by atoms with Crippen LogP contribution >= 0.6 is 0 Å². The molecule has 0 atom stereocenters. The molecule has 0 saturated heterocycles. The minimum atomic E-state index is 0.0555. The van der Waals surface area contributed by atoms with E-state index >= 15 is 0 Å². The number of ketones is 1. The van der Waals surface area contributed by atoms with Gasteiger partial charge in [-0.05, 0) is 25.5 Å². The predicted octanol–water partition coefficient (Wildman–Crippen LogP) is 1.85. The number of rotatable bonds is 1. The van der Waals surface area contributed by atoms with Crippen molar-refractivity contribution in [3.63, 3.8) is 0 Å². The van der Waals surface area contributed by atoms with E-state index in [0.717, 1.165) is 11.2 Å². The van der Waals surface area contributed by atoms with Crippen molar-refractivity contribution < 1.29 is 4.79 Å². The van der Waals surface area contributed by atoms with Crippen LogP contribution in [0.4, 0.5) is 0 Å². The second-order valence-electron chi connectivity index (χ2n) is 3.15. The maximum absolute atomic E-state index is 11.3. The molecule has 2 aromatic heterocycles. The number of imidazole rings is 1. The first-order valence-electron chi connectivity index (χ1n) is 4.13. The smallest absolute Gasteiger partial charge is 0.163 e. The summed E-state index contributed by atoms with van der Waals surface area (Å²) in [6, 6.07) is 1.87. The lowest BCUT2D eigenvalue weighted by Gasteiger charge is -2.01. The van der Waals surface area contributed by atoms with Crippen molar-refractivity contribution >= 4 is 11.4 Å². The molecule has 0 aliphatic heterocycles. The highest BCUT2D eigenvalue weighted by Crippen LogP contribution is 2.11. The Balaban J connectivity index is 2.84. The minimum absolute atomic E-state index is 0.0555. The number of pyridine rings is 1. The molecule has 0 aliphatic rings. The number of carbonyl (C=O) groups excluding carboxylic acids is 1. The fourth-order valence-corrected chi connectivity index (χ4v) is 1.43. The van der Waals surface area contributed by atoms with Gasteiger partial charge in [0, 0.05) is 18.6 Å². The molecule has 0 aliphatic carbocycles.